The summed E-state index contributed by atoms with van der Waals surface area (Å²) in [6.45, 7) is 13.0. The summed E-state index contributed by atoms with van der Waals surface area (Å²) in [6.07, 6.45) is 0.985. The Kier molecular flexibility index (Phi) is 8.92. The molecule has 240 valence electrons. The van der Waals surface area contributed by atoms with E-state index in [-0.39, 0.29) is 22.7 Å². The van der Waals surface area contributed by atoms with Gasteiger partial charge < -0.3 is 28.4 Å². The molecule has 0 aromatic heterocycles. The predicted molar refractivity (Wildman–Crippen MR) is 188 cm³/mol. The van der Waals surface area contributed by atoms with E-state index in [1.807, 2.05) is 23.5 Å². The maximum absolute atomic E-state index is 6.60. The minimum atomic E-state index is -0.165. The molecule has 0 aliphatic carbocycles. The molecular weight excluding hydrogens is 605 g/mol. The second kappa shape index (κ2) is 12.6. The zero-order chi connectivity index (χ0) is 32.2. The van der Waals surface area contributed by atoms with Crippen LogP contribution in [-0.2, 0) is 0 Å². The van der Waals surface area contributed by atoms with E-state index in [0.29, 0.717) is 0 Å². The zero-order valence-electron chi connectivity index (χ0n) is 28.0. The lowest BCUT2D eigenvalue weighted by Crippen LogP contribution is -2.06. The van der Waals surface area contributed by atoms with E-state index in [4.69, 9.17) is 28.4 Å². The fourth-order valence-electron chi connectivity index (χ4n) is 7.06. The van der Waals surface area contributed by atoms with Gasteiger partial charge in [-0.2, -0.15) is 0 Å². The highest BCUT2D eigenvalue weighted by atomic mass is 32.2. The van der Waals surface area contributed by atoms with Gasteiger partial charge >= 0.3 is 0 Å². The summed E-state index contributed by atoms with van der Waals surface area (Å²) >= 11 is 3.62. The van der Waals surface area contributed by atoms with Crippen molar-refractivity contribution in [3.63, 3.8) is 0 Å². The molecule has 4 aromatic carbocycles. The number of benzene rings is 4. The average molecular weight is 649 g/mol. The molecule has 0 saturated carbocycles. The molecule has 0 spiro atoms. The number of thioether (sulfide) groups is 2. The van der Waals surface area contributed by atoms with Crippen molar-refractivity contribution >= 4 is 45.1 Å². The maximum atomic E-state index is 6.60. The summed E-state index contributed by atoms with van der Waals surface area (Å²) in [5.41, 5.74) is 6.51. The first-order chi connectivity index (χ1) is 21.6. The van der Waals surface area contributed by atoms with Gasteiger partial charge in [0, 0.05) is 21.9 Å². The quantitative estimate of drug-likeness (QED) is 0.141. The van der Waals surface area contributed by atoms with Crippen molar-refractivity contribution in [2.75, 3.05) is 39.9 Å². The maximum Gasteiger partial charge on any atom is 0.174 e. The molecule has 4 aromatic rings. The largest absolute Gasteiger partial charge is 0.493 e. The lowest BCUT2D eigenvalue weighted by molar-refractivity contribution is 0.300. The Balaban J connectivity index is 1.22. The van der Waals surface area contributed by atoms with Crippen LogP contribution in [0.5, 0.6) is 34.5 Å². The summed E-state index contributed by atoms with van der Waals surface area (Å²) < 4.78 is 37.2. The van der Waals surface area contributed by atoms with Crippen molar-refractivity contribution in [1.82, 2.24) is 0 Å². The van der Waals surface area contributed by atoms with Gasteiger partial charge in [0.1, 0.15) is 11.5 Å². The van der Waals surface area contributed by atoms with Gasteiger partial charge in [0.15, 0.2) is 33.9 Å². The molecule has 2 heterocycles. The van der Waals surface area contributed by atoms with Crippen molar-refractivity contribution in [3.8, 4) is 34.5 Å². The zero-order valence-corrected chi connectivity index (χ0v) is 29.6. The molecule has 0 bridgehead atoms. The molecule has 0 amide bonds. The summed E-state index contributed by atoms with van der Waals surface area (Å²) in [5.74, 6) is 7.43. The van der Waals surface area contributed by atoms with Crippen LogP contribution in [0.1, 0.15) is 90.2 Å². The third-order valence-corrected chi connectivity index (χ3v) is 11.1. The molecule has 0 N–H and O–H groups in total. The Hall–Kier alpha value is -3.10. The number of hydrogen-bond donors (Lipinski definition) is 0. The van der Waals surface area contributed by atoms with Gasteiger partial charge in [-0.1, -0.05) is 39.8 Å². The van der Waals surface area contributed by atoms with Crippen LogP contribution in [0, 0.1) is 13.8 Å². The Bertz CT molecular complexity index is 1650. The van der Waals surface area contributed by atoms with Crippen molar-refractivity contribution in [1.29, 1.82) is 0 Å². The minimum Gasteiger partial charge on any atom is -0.493 e. The highest BCUT2D eigenvalue weighted by Crippen LogP contribution is 2.58. The first-order valence-corrected chi connectivity index (χ1v) is 17.7. The van der Waals surface area contributed by atoms with Gasteiger partial charge in [-0.05, 0) is 77.6 Å². The van der Waals surface area contributed by atoms with E-state index in [1.165, 1.54) is 33.0 Å². The summed E-state index contributed by atoms with van der Waals surface area (Å²) in [7, 11) is 6.91. The molecule has 2 aliphatic rings. The van der Waals surface area contributed by atoms with Gasteiger partial charge in [0.25, 0.3) is 0 Å². The SMILES string of the molecule is COc1c(OC)c2c3c(cc(C)cc3c1C(C)C)OC2SCCCSC1Oc2cc(C)cc3c(C(C)C)c(OC)c(OC)c1c23. The molecule has 0 fully saturated rings. The number of aryl methyl sites for hydroxylation is 2. The molecule has 6 rings (SSSR count). The smallest absolute Gasteiger partial charge is 0.174 e. The number of methoxy groups -OCH3 is 4. The number of ether oxygens (including phenoxy) is 6. The molecule has 0 saturated heterocycles. The Labute approximate surface area is 275 Å². The lowest BCUT2D eigenvalue weighted by atomic mass is 9.90. The highest BCUT2D eigenvalue weighted by molar-refractivity contribution is 8.00. The van der Waals surface area contributed by atoms with Crippen LogP contribution < -0.4 is 28.4 Å². The van der Waals surface area contributed by atoms with E-state index < -0.39 is 0 Å². The van der Waals surface area contributed by atoms with E-state index in [0.717, 1.165) is 74.3 Å². The van der Waals surface area contributed by atoms with Crippen LogP contribution >= 0.6 is 23.5 Å². The van der Waals surface area contributed by atoms with Crippen LogP contribution in [-0.4, -0.2) is 39.9 Å². The van der Waals surface area contributed by atoms with Crippen LogP contribution in [0.2, 0.25) is 0 Å². The van der Waals surface area contributed by atoms with Crippen LogP contribution in [0.3, 0.4) is 0 Å². The van der Waals surface area contributed by atoms with E-state index >= 15 is 0 Å². The van der Waals surface area contributed by atoms with Gasteiger partial charge in [-0.3, -0.25) is 0 Å². The lowest BCUT2D eigenvalue weighted by Gasteiger charge is -2.22. The van der Waals surface area contributed by atoms with Crippen molar-refractivity contribution in [2.24, 2.45) is 0 Å². The van der Waals surface area contributed by atoms with Crippen molar-refractivity contribution in [2.45, 2.75) is 70.7 Å². The topological polar surface area (TPSA) is 55.4 Å². The molecule has 2 unspecified atom stereocenters. The van der Waals surface area contributed by atoms with Gasteiger partial charge in [0.2, 0.25) is 0 Å². The van der Waals surface area contributed by atoms with Crippen molar-refractivity contribution in [3.05, 3.63) is 57.6 Å². The van der Waals surface area contributed by atoms with Crippen LogP contribution in [0.25, 0.3) is 21.5 Å². The fraction of sp³-hybridized carbons (Fsp3) is 0.459. The minimum absolute atomic E-state index is 0.165. The average Bonchev–Trinajstić information content (AvgIpc) is 3.54. The first-order valence-electron chi connectivity index (χ1n) is 15.7. The Morgan fingerprint density at radius 1 is 0.600 bits per heavy atom. The van der Waals surface area contributed by atoms with Crippen molar-refractivity contribution < 1.29 is 28.4 Å². The summed E-state index contributed by atoms with van der Waals surface area (Å²) in [4.78, 5) is 0. The van der Waals surface area contributed by atoms with Gasteiger partial charge in [-0.25, -0.2) is 0 Å². The van der Waals surface area contributed by atoms with E-state index in [9.17, 15) is 0 Å². The molecule has 2 aliphatic heterocycles. The van der Waals surface area contributed by atoms with E-state index in [1.54, 1.807) is 28.4 Å². The fourth-order valence-corrected chi connectivity index (χ4v) is 9.42. The second-order valence-electron chi connectivity index (χ2n) is 12.5. The first kappa shape index (κ1) is 31.9. The number of hydrogen-bond acceptors (Lipinski definition) is 8. The third kappa shape index (κ3) is 5.22. The van der Waals surface area contributed by atoms with E-state index in [2.05, 4.69) is 65.8 Å². The van der Waals surface area contributed by atoms with Crippen LogP contribution in [0.15, 0.2) is 24.3 Å². The standard InChI is InChI=1S/C37H44O6S2/c1-18(2)26-22-14-20(5)16-24-28(22)30(34(40-9)32(26)38-7)36(42-24)44-12-11-13-45-37-31-29-23(15-21(6)17-25(29)43-37)27(19(3)4)33(39-8)35(31)41-10/h14-19,36-37H,11-13H2,1-10H3. The molecule has 0 radical (unpaired) electrons. The molecule has 6 nitrogen and oxygen atoms in total. The van der Waals surface area contributed by atoms with Crippen LogP contribution in [0.4, 0.5) is 0 Å². The predicted octanol–water partition coefficient (Wildman–Crippen LogP) is 10.2. The Morgan fingerprint density at radius 2 is 0.978 bits per heavy atom. The van der Waals surface area contributed by atoms with Gasteiger partial charge in [0.05, 0.1) is 39.6 Å². The molecule has 2 atom stereocenters. The molecule has 8 heteroatoms. The monoisotopic (exact) mass is 648 g/mol. The normalized spacial score (nSPS) is 16.5. The highest BCUT2D eigenvalue weighted by Gasteiger charge is 2.37. The second-order valence-corrected chi connectivity index (χ2v) is 14.8. The van der Waals surface area contributed by atoms with Gasteiger partial charge in [-0.15, -0.1) is 23.5 Å². The summed E-state index contributed by atoms with van der Waals surface area (Å²) in [6, 6.07) is 8.79. The molecular formula is C37H44O6S2. The summed E-state index contributed by atoms with van der Waals surface area (Å²) in [5, 5.41) is 4.68. The number of rotatable bonds is 12. The Morgan fingerprint density at radius 3 is 1.31 bits per heavy atom. The molecule has 45 heavy (non-hydrogen) atoms. The third-order valence-electron chi connectivity index (χ3n) is 8.74.